The Morgan fingerprint density at radius 3 is 2.53 bits per heavy atom. The second-order valence-electron chi connectivity index (χ2n) is 7.76. The molecule has 3 rings (SSSR count). The number of para-hydroxylation sites is 1. The van der Waals surface area contributed by atoms with Crippen LogP contribution in [0.25, 0.3) is 0 Å². The molecule has 0 spiro atoms. The van der Waals surface area contributed by atoms with Crippen LogP contribution in [-0.2, 0) is 16.4 Å². The van der Waals surface area contributed by atoms with E-state index in [9.17, 15) is 13.2 Å². The van der Waals surface area contributed by atoms with Crippen LogP contribution in [0.15, 0.2) is 47.4 Å². The fourth-order valence-corrected chi connectivity index (χ4v) is 4.96. The molecule has 8 heteroatoms. The van der Waals surface area contributed by atoms with Crippen LogP contribution in [0.5, 0.6) is 11.5 Å². The van der Waals surface area contributed by atoms with Crippen molar-refractivity contribution in [1.82, 2.24) is 9.62 Å². The SMILES string of the molecule is CCOc1ccccc1CCCNS(=O)(=O)c1ccc(OC)c(C(=O)N2CCCCC2)c1. The second kappa shape index (κ2) is 11.3. The van der Waals surface area contributed by atoms with Gasteiger partial charge in [0.05, 0.1) is 24.2 Å². The maximum atomic E-state index is 13.0. The first-order chi connectivity index (χ1) is 15.5. The number of likely N-dealkylation sites (tertiary alicyclic amines) is 1. The molecule has 1 N–H and O–H groups in total. The first kappa shape index (κ1) is 24.1. The van der Waals surface area contributed by atoms with Crippen LogP contribution in [0.1, 0.15) is 48.5 Å². The van der Waals surface area contributed by atoms with Gasteiger partial charge in [-0.2, -0.15) is 0 Å². The zero-order valence-electron chi connectivity index (χ0n) is 18.8. The Hall–Kier alpha value is -2.58. The van der Waals surface area contributed by atoms with Crippen LogP contribution >= 0.6 is 0 Å². The van der Waals surface area contributed by atoms with Crippen molar-refractivity contribution in [2.24, 2.45) is 0 Å². The Balaban J connectivity index is 1.66. The largest absolute Gasteiger partial charge is 0.496 e. The molecule has 1 aliphatic rings. The summed E-state index contributed by atoms with van der Waals surface area (Å²) in [6, 6.07) is 12.2. The highest BCUT2D eigenvalue weighted by Gasteiger charge is 2.24. The predicted molar refractivity (Wildman–Crippen MR) is 124 cm³/mol. The zero-order valence-corrected chi connectivity index (χ0v) is 19.6. The van der Waals surface area contributed by atoms with Crippen LogP contribution in [-0.4, -0.2) is 52.6 Å². The molecule has 174 valence electrons. The third kappa shape index (κ3) is 6.01. The quantitative estimate of drug-likeness (QED) is 0.547. The van der Waals surface area contributed by atoms with Gasteiger partial charge in [-0.3, -0.25) is 4.79 Å². The standard InChI is InChI=1S/C24H32N2O5S/c1-3-31-22-12-6-5-10-19(22)11-9-15-25-32(28,29)20-13-14-23(30-2)21(18-20)24(27)26-16-7-4-8-17-26/h5-6,10,12-14,18,25H,3-4,7-9,11,15-17H2,1-2H3. The molecule has 0 bridgehead atoms. The summed E-state index contributed by atoms with van der Waals surface area (Å²) < 4.78 is 39.3. The summed E-state index contributed by atoms with van der Waals surface area (Å²) >= 11 is 0. The van der Waals surface area contributed by atoms with Crippen molar-refractivity contribution in [1.29, 1.82) is 0 Å². The van der Waals surface area contributed by atoms with E-state index in [0.29, 0.717) is 38.3 Å². The third-order valence-corrected chi connectivity index (χ3v) is 7.00. The molecule has 1 fully saturated rings. The summed E-state index contributed by atoms with van der Waals surface area (Å²) in [5, 5.41) is 0. The van der Waals surface area contributed by atoms with Gasteiger partial charge in [-0.1, -0.05) is 18.2 Å². The first-order valence-electron chi connectivity index (χ1n) is 11.1. The lowest BCUT2D eigenvalue weighted by molar-refractivity contribution is 0.0720. The number of methoxy groups -OCH3 is 1. The molecule has 0 aliphatic carbocycles. The molecule has 1 amide bonds. The second-order valence-corrected chi connectivity index (χ2v) is 9.52. The number of rotatable bonds is 10. The van der Waals surface area contributed by atoms with Crippen LogP contribution in [0.3, 0.4) is 0 Å². The number of carbonyl (C=O) groups is 1. The number of hydrogen-bond acceptors (Lipinski definition) is 5. The molecule has 0 saturated carbocycles. The molecule has 2 aromatic carbocycles. The van der Waals surface area contributed by atoms with Crippen LogP contribution in [0.4, 0.5) is 0 Å². The highest BCUT2D eigenvalue weighted by molar-refractivity contribution is 7.89. The zero-order chi connectivity index (χ0) is 23.0. The van der Waals surface area contributed by atoms with Gasteiger partial charge < -0.3 is 14.4 Å². The summed E-state index contributed by atoms with van der Waals surface area (Å²) in [5.41, 5.74) is 1.33. The van der Waals surface area contributed by atoms with E-state index < -0.39 is 10.0 Å². The lowest BCUT2D eigenvalue weighted by Crippen LogP contribution is -2.36. The van der Waals surface area contributed by atoms with E-state index in [2.05, 4.69) is 4.72 Å². The van der Waals surface area contributed by atoms with E-state index in [1.165, 1.54) is 19.2 Å². The van der Waals surface area contributed by atoms with Crippen LogP contribution in [0, 0.1) is 0 Å². The molecule has 0 atom stereocenters. The van der Waals surface area contributed by atoms with Gasteiger partial charge in [0, 0.05) is 19.6 Å². The van der Waals surface area contributed by atoms with Gasteiger partial charge >= 0.3 is 0 Å². The molecule has 2 aromatic rings. The molecule has 0 radical (unpaired) electrons. The number of ether oxygens (including phenoxy) is 2. The van der Waals surface area contributed by atoms with Crippen molar-refractivity contribution >= 4 is 15.9 Å². The van der Waals surface area contributed by atoms with Gasteiger partial charge in [-0.25, -0.2) is 13.1 Å². The summed E-state index contributed by atoms with van der Waals surface area (Å²) in [6.07, 6.45) is 4.34. The van der Waals surface area contributed by atoms with E-state index in [4.69, 9.17) is 9.47 Å². The summed E-state index contributed by atoms with van der Waals surface area (Å²) in [5.74, 6) is 1.02. The highest BCUT2D eigenvalue weighted by Crippen LogP contribution is 2.25. The van der Waals surface area contributed by atoms with Gasteiger partial charge in [-0.05, 0) is 68.9 Å². The van der Waals surface area contributed by atoms with Crippen molar-refractivity contribution in [2.75, 3.05) is 33.4 Å². The maximum Gasteiger partial charge on any atom is 0.257 e. The Morgan fingerprint density at radius 1 is 1.06 bits per heavy atom. The minimum absolute atomic E-state index is 0.0633. The minimum atomic E-state index is -3.75. The van der Waals surface area contributed by atoms with Gasteiger partial charge in [-0.15, -0.1) is 0 Å². The normalized spacial score (nSPS) is 14.2. The number of amides is 1. The average Bonchev–Trinajstić information content (AvgIpc) is 2.82. The Labute approximate surface area is 190 Å². The fraction of sp³-hybridized carbons (Fsp3) is 0.458. The van der Waals surface area contributed by atoms with Crippen molar-refractivity contribution < 1.29 is 22.7 Å². The number of benzene rings is 2. The van der Waals surface area contributed by atoms with Gasteiger partial charge in [0.15, 0.2) is 0 Å². The third-order valence-electron chi connectivity index (χ3n) is 5.54. The first-order valence-corrected chi connectivity index (χ1v) is 12.6. The Morgan fingerprint density at radius 2 is 1.81 bits per heavy atom. The van der Waals surface area contributed by atoms with Crippen molar-refractivity contribution in [2.45, 2.75) is 43.9 Å². The van der Waals surface area contributed by atoms with E-state index >= 15 is 0 Å². The topological polar surface area (TPSA) is 84.9 Å². The lowest BCUT2D eigenvalue weighted by Gasteiger charge is -2.27. The van der Waals surface area contributed by atoms with E-state index in [-0.39, 0.29) is 22.9 Å². The Kier molecular flexibility index (Phi) is 8.53. The fourth-order valence-electron chi connectivity index (χ4n) is 3.86. The number of hydrogen-bond donors (Lipinski definition) is 1. The van der Waals surface area contributed by atoms with Crippen molar-refractivity contribution in [3.63, 3.8) is 0 Å². The number of nitrogens with one attached hydrogen (secondary N) is 1. The molecular formula is C24H32N2O5S. The van der Waals surface area contributed by atoms with Gasteiger partial charge in [0.2, 0.25) is 10.0 Å². The molecule has 0 unspecified atom stereocenters. The van der Waals surface area contributed by atoms with E-state index in [1.807, 2.05) is 31.2 Å². The lowest BCUT2D eigenvalue weighted by atomic mass is 10.1. The molecule has 32 heavy (non-hydrogen) atoms. The molecule has 1 aliphatic heterocycles. The van der Waals surface area contributed by atoms with Gasteiger partial charge in [0.25, 0.3) is 5.91 Å². The number of piperidine rings is 1. The van der Waals surface area contributed by atoms with E-state index in [0.717, 1.165) is 30.6 Å². The highest BCUT2D eigenvalue weighted by atomic mass is 32.2. The monoisotopic (exact) mass is 460 g/mol. The van der Waals surface area contributed by atoms with E-state index in [1.54, 1.807) is 11.0 Å². The Bertz CT molecular complexity index is 1020. The predicted octanol–water partition coefficient (Wildman–Crippen LogP) is 3.63. The van der Waals surface area contributed by atoms with Crippen molar-refractivity contribution in [3.05, 3.63) is 53.6 Å². The molecule has 7 nitrogen and oxygen atoms in total. The smallest absolute Gasteiger partial charge is 0.257 e. The van der Waals surface area contributed by atoms with Crippen LogP contribution in [0.2, 0.25) is 0 Å². The molecule has 0 aromatic heterocycles. The van der Waals surface area contributed by atoms with Gasteiger partial charge in [0.1, 0.15) is 11.5 Å². The number of sulfonamides is 1. The summed E-state index contributed by atoms with van der Waals surface area (Å²) in [7, 11) is -2.27. The number of nitrogens with zero attached hydrogens (tertiary/aromatic N) is 1. The minimum Gasteiger partial charge on any atom is -0.496 e. The molecule has 1 heterocycles. The average molecular weight is 461 g/mol. The summed E-state index contributed by atoms with van der Waals surface area (Å²) in [6.45, 7) is 4.16. The molecular weight excluding hydrogens is 428 g/mol. The molecule has 1 saturated heterocycles. The number of aryl methyl sites for hydroxylation is 1. The maximum absolute atomic E-state index is 13.0. The van der Waals surface area contributed by atoms with Crippen molar-refractivity contribution in [3.8, 4) is 11.5 Å². The number of carbonyl (C=O) groups excluding carboxylic acids is 1. The van der Waals surface area contributed by atoms with Crippen LogP contribution < -0.4 is 14.2 Å². The summed E-state index contributed by atoms with van der Waals surface area (Å²) in [4.78, 5) is 14.8.